The summed E-state index contributed by atoms with van der Waals surface area (Å²) in [7, 11) is 1.51. The molecule has 3 saturated carbocycles. The van der Waals surface area contributed by atoms with E-state index in [1.165, 1.54) is 26.3 Å². The summed E-state index contributed by atoms with van der Waals surface area (Å²) >= 11 is 0. The third-order valence-electron chi connectivity index (χ3n) is 8.13. The SMILES string of the molecule is CNC(=O)c1cn(C2CCCCC2)cc(C(=O)NC[C@@H]2C[C@H]3C=C[C@@H]2C32CC2)c1=O. The molecule has 2 amide bonds. The highest BCUT2D eigenvalue weighted by molar-refractivity contribution is 5.99. The van der Waals surface area contributed by atoms with E-state index in [9.17, 15) is 14.4 Å². The Morgan fingerprint density at radius 3 is 2.40 bits per heavy atom. The maximum absolute atomic E-state index is 13.0. The van der Waals surface area contributed by atoms with Gasteiger partial charge in [0.25, 0.3) is 11.8 Å². The molecule has 6 nitrogen and oxygen atoms in total. The molecule has 0 saturated heterocycles. The Kier molecular flexibility index (Phi) is 4.83. The molecule has 0 aliphatic heterocycles. The van der Waals surface area contributed by atoms with Gasteiger partial charge in [-0.05, 0) is 55.3 Å². The number of carbonyl (C=O) groups is 2. The topological polar surface area (TPSA) is 80.2 Å². The Morgan fingerprint density at radius 2 is 1.77 bits per heavy atom. The summed E-state index contributed by atoms with van der Waals surface area (Å²) in [5, 5.41) is 5.57. The van der Waals surface area contributed by atoms with Crippen LogP contribution in [0.3, 0.4) is 0 Å². The van der Waals surface area contributed by atoms with Gasteiger partial charge in [0, 0.05) is 32.0 Å². The molecule has 2 N–H and O–H groups in total. The van der Waals surface area contributed by atoms with Crippen molar-refractivity contribution in [3.63, 3.8) is 0 Å². The first kappa shape index (κ1) is 19.6. The Hall–Kier alpha value is -2.37. The van der Waals surface area contributed by atoms with E-state index in [-0.39, 0.29) is 23.1 Å². The molecule has 0 aromatic carbocycles. The van der Waals surface area contributed by atoms with Crippen LogP contribution in [0.4, 0.5) is 0 Å². The van der Waals surface area contributed by atoms with Gasteiger partial charge in [-0.2, -0.15) is 0 Å². The molecule has 4 aliphatic carbocycles. The van der Waals surface area contributed by atoms with E-state index < -0.39 is 11.3 Å². The average molecular weight is 410 g/mol. The van der Waals surface area contributed by atoms with Gasteiger partial charge < -0.3 is 15.2 Å². The van der Waals surface area contributed by atoms with E-state index in [0.29, 0.717) is 29.7 Å². The molecule has 0 unspecified atom stereocenters. The number of nitrogens with zero attached hydrogens (tertiary/aromatic N) is 1. The molecule has 3 atom stereocenters. The number of amides is 2. The van der Waals surface area contributed by atoms with Crippen LogP contribution in [0.15, 0.2) is 29.3 Å². The normalized spacial score (nSPS) is 28.6. The lowest BCUT2D eigenvalue weighted by Crippen LogP contribution is -2.37. The predicted molar refractivity (Wildman–Crippen MR) is 114 cm³/mol. The number of hydrogen-bond acceptors (Lipinski definition) is 3. The van der Waals surface area contributed by atoms with Gasteiger partial charge in [0.05, 0.1) is 0 Å². The second-order valence-electron chi connectivity index (χ2n) is 9.69. The highest BCUT2D eigenvalue weighted by atomic mass is 16.2. The zero-order chi connectivity index (χ0) is 20.9. The van der Waals surface area contributed by atoms with Gasteiger partial charge >= 0.3 is 0 Å². The van der Waals surface area contributed by atoms with E-state index in [1.807, 2.05) is 4.57 Å². The van der Waals surface area contributed by atoms with E-state index in [2.05, 4.69) is 22.8 Å². The fourth-order valence-electron chi connectivity index (χ4n) is 6.32. The van der Waals surface area contributed by atoms with Crippen LogP contribution in [0.25, 0.3) is 0 Å². The highest BCUT2D eigenvalue weighted by Crippen LogP contribution is 2.69. The Labute approximate surface area is 177 Å². The zero-order valence-corrected chi connectivity index (χ0v) is 17.7. The fourth-order valence-corrected chi connectivity index (χ4v) is 6.32. The average Bonchev–Trinajstić information content (AvgIpc) is 3.45. The van der Waals surface area contributed by atoms with Gasteiger partial charge in [-0.25, -0.2) is 0 Å². The third kappa shape index (κ3) is 3.12. The number of pyridine rings is 1. The second kappa shape index (κ2) is 7.40. The minimum Gasteiger partial charge on any atom is -0.355 e. The Balaban J connectivity index is 1.37. The number of aromatic nitrogens is 1. The van der Waals surface area contributed by atoms with Crippen LogP contribution in [0, 0.1) is 23.2 Å². The number of nitrogens with one attached hydrogen (secondary N) is 2. The van der Waals surface area contributed by atoms with Crippen LogP contribution in [-0.2, 0) is 0 Å². The molecular formula is C24H31N3O3. The van der Waals surface area contributed by atoms with Gasteiger partial charge in [0.15, 0.2) is 0 Å². The van der Waals surface area contributed by atoms with Gasteiger partial charge in [-0.3, -0.25) is 14.4 Å². The zero-order valence-electron chi connectivity index (χ0n) is 17.7. The van der Waals surface area contributed by atoms with Crippen molar-refractivity contribution < 1.29 is 9.59 Å². The maximum Gasteiger partial charge on any atom is 0.256 e. The van der Waals surface area contributed by atoms with Crippen LogP contribution in [0.5, 0.6) is 0 Å². The standard InChI is InChI=1S/C24H31N3O3/c1-25-22(29)18-13-27(17-5-3-2-4-6-17)14-19(21(18)28)23(30)26-12-15-11-16-7-8-20(15)24(16)9-10-24/h7-8,13-17,20H,2-6,9-12H2,1H3,(H,25,29)(H,26,30)/t15-,16+,20-/m0/s1. The first-order valence-corrected chi connectivity index (χ1v) is 11.5. The monoisotopic (exact) mass is 409 g/mol. The van der Waals surface area contributed by atoms with Crippen LogP contribution >= 0.6 is 0 Å². The fraction of sp³-hybridized carbons (Fsp3) is 0.625. The molecule has 30 heavy (non-hydrogen) atoms. The van der Waals surface area contributed by atoms with Crippen LogP contribution < -0.4 is 16.1 Å². The van der Waals surface area contributed by atoms with Crippen molar-refractivity contribution in [1.82, 2.24) is 15.2 Å². The quantitative estimate of drug-likeness (QED) is 0.734. The van der Waals surface area contributed by atoms with Crippen molar-refractivity contribution in [3.05, 3.63) is 45.9 Å². The minimum absolute atomic E-state index is 0.0514. The summed E-state index contributed by atoms with van der Waals surface area (Å²) in [5.41, 5.74) is 0.143. The van der Waals surface area contributed by atoms with Crippen LogP contribution in [0.2, 0.25) is 0 Å². The number of hydrogen-bond donors (Lipinski definition) is 2. The Bertz CT molecular complexity index is 953. The van der Waals surface area contributed by atoms with Crippen molar-refractivity contribution in [2.45, 2.75) is 57.4 Å². The van der Waals surface area contributed by atoms with E-state index in [4.69, 9.17) is 0 Å². The highest BCUT2D eigenvalue weighted by Gasteiger charge is 2.62. The first-order valence-electron chi connectivity index (χ1n) is 11.5. The maximum atomic E-state index is 13.0. The lowest BCUT2D eigenvalue weighted by atomic mass is 9.89. The molecule has 1 aromatic heterocycles. The smallest absolute Gasteiger partial charge is 0.256 e. The molecular weight excluding hydrogens is 378 g/mol. The van der Waals surface area contributed by atoms with Gasteiger partial charge in [0.2, 0.25) is 5.43 Å². The lowest BCUT2D eigenvalue weighted by molar-refractivity contribution is 0.0941. The second-order valence-corrected chi connectivity index (χ2v) is 9.69. The van der Waals surface area contributed by atoms with Crippen molar-refractivity contribution in [2.75, 3.05) is 13.6 Å². The van der Waals surface area contributed by atoms with Crippen LogP contribution in [0.1, 0.15) is 78.1 Å². The molecule has 2 bridgehead atoms. The van der Waals surface area contributed by atoms with Gasteiger partial charge in [0.1, 0.15) is 11.1 Å². The predicted octanol–water partition coefficient (Wildman–Crippen LogP) is 3.05. The molecule has 3 fully saturated rings. The molecule has 160 valence electrons. The van der Waals surface area contributed by atoms with Gasteiger partial charge in [-0.1, -0.05) is 31.4 Å². The molecule has 1 spiro atoms. The first-order chi connectivity index (χ1) is 14.5. The summed E-state index contributed by atoms with van der Waals surface area (Å²) in [6, 6.07) is 0.236. The van der Waals surface area contributed by atoms with Crippen molar-refractivity contribution in [1.29, 1.82) is 0 Å². The molecule has 1 aromatic rings. The molecule has 6 heteroatoms. The molecule has 1 heterocycles. The van der Waals surface area contributed by atoms with Gasteiger partial charge in [-0.15, -0.1) is 0 Å². The summed E-state index contributed by atoms with van der Waals surface area (Å²) < 4.78 is 1.93. The molecule has 5 rings (SSSR count). The third-order valence-corrected chi connectivity index (χ3v) is 8.13. The Morgan fingerprint density at radius 1 is 1.07 bits per heavy atom. The summed E-state index contributed by atoms with van der Waals surface area (Å²) in [6.45, 7) is 0.596. The summed E-state index contributed by atoms with van der Waals surface area (Å²) in [4.78, 5) is 38.3. The number of carbonyl (C=O) groups excluding carboxylic acids is 2. The van der Waals surface area contributed by atoms with Crippen LogP contribution in [-0.4, -0.2) is 30.0 Å². The molecule has 4 aliphatic rings. The van der Waals surface area contributed by atoms with E-state index >= 15 is 0 Å². The van der Waals surface area contributed by atoms with Crippen molar-refractivity contribution in [2.24, 2.45) is 23.2 Å². The number of allylic oxidation sites excluding steroid dienone is 2. The lowest BCUT2D eigenvalue weighted by Gasteiger charge is -2.26. The largest absolute Gasteiger partial charge is 0.355 e. The number of rotatable bonds is 5. The summed E-state index contributed by atoms with van der Waals surface area (Å²) in [5.74, 6) is 0.901. The summed E-state index contributed by atoms with van der Waals surface area (Å²) in [6.07, 6.45) is 17.3. The van der Waals surface area contributed by atoms with Crippen molar-refractivity contribution >= 4 is 11.8 Å². The van der Waals surface area contributed by atoms with E-state index in [1.54, 1.807) is 12.4 Å². The van der Waals surface area contributed by atoms with Crippen molar-refractivity contribution in [3.8, 4) is 0 Å². The van der Waals surface area contributed by atoms with E-state index in [0.717, 1.165) is 32.1 Å². The molecule has 0 radical (unpaired) electrons. The minimum atomic E-state index is -0.481.